The van der Waals surface area contributed by atoms with E-state index in [4.69, 9.17) is 4.74 Å². The molecule has 0 aliphatic carbocycles. The van der Waals surface area contributed by atoms with E-state index in [1.165, 1.54) is 11.3 Å². The van der Waals surface area contributed by atoms with Crippen molar-refractivity contribution in [2.75, 3.05) is 13.4 Å². The average molecular weight is 328 g/mol. The predicted molar refractivity (Wildman–Crippen MR) is 85.5 cm³/mol. The van der Waals surface area contributed by atoms with Gasteiger partial charge in [-0.3, -0.25) is 4.79 Å². The van der Waals surface area contributed by atoms with Crippen LogP contribution in [0.4, 0.5) is 0 Å². The van der Waals surface area contributed by atoms with Crippen molar-refractivity contribution in [1.29, 1.82) is 0 Å². The summed E-state index contributed by atoms with van der Waals surface area (Å²) >= 11 is 4.84. The number of thiophene rings is 1. The minimum atomic E-state index is -0.0585. The number of amides is 1. The number of ether oxygens (including phenoxy) is 1. The molecule has 0 saturated heterocycles. The summed E-state index contributed by atoms with van der Waals surface area (Å²) in [5.41, 5.74) is 0.918. The van der Waals surface area contributed by atoms with Gasteiger partial charge in [0.25, 0.3) is 5.91 Å². The first kappa shape index (κ1) is 15.5. The fourth-order valence-corrected chi connectivity index (χ4v) is 4.01. The van der Waals surface area contributed by atoms with Crippen LogP contribution in [0.2, 0.25) is 0 Å². The standard InChI is InChI=1S/C13H16N2O2S3/c1-17-6-10-3-4-11(20-10)13(16)14-5-9-7-19-12(15-9)8-18-2/h3-4,7H,5-6,8H2,1-2H3,(H,14,16). The Morgan fingerprint density at radius 1 is 1.50 bits per heavy atom. The minimum absolute atomic E-state index is 0.0585. The molecule has 2 aromatic heterocycles. The lowest BCUT2D eigenvalue weighted by Gasteiger charge is -2.00. The molecule has 108 valence electrons. The molecule has 0 aromatic carbocycles. The summed E-state index contributed by atoms with van der Waals surface area (Å²) in [6, 6.07) is 3.75. The van der Waals surface area contributed by atoms with Gasteiger partial charge < -0.3 is 10.1 Å². The van der Waals surface area contributed by atoms with Crippen molar-refractivity contribution in [2.45, 2.75) is 18.9 Å². The molecule has 0 aliphatic heterocycles. The Labute approximate surface area is 130 Å². The average Bonchev–Trinajstić information content (AvgIpc) is 3.06. The van der Waals surface area contributed by atoms with Crippen LogP contribution in [0.25, 0.3) is 0 Å². The number of aromatic nitrogens is 1. The SMILES string of the molecule is COCc1ccc(C(=O)NCc2csc(CSC)n2)s1. The number of thiazole rings is 1. The first-order valence-electron chi connectivity index (χ1n) is 6.01. The Morgan fingerprint density at radius 3 is 3.10 bits per heavy atom. The summed E-state index contributed by atoms with van der Waals surface area (Å²) in [7, 11) is 1.65. The maximum absolute atomic E-state index is 12.0. The number of thioether (sulfide) groups is 1. The summed E-state index contributed by atoms with van der Waals surface area (Å²) in [5, 5.41) is 5.99. The molecule has 0 bridgehead atoms. The quantitative estimate of drug-likeness (QED) is 0.848. The van der Waals surface area contributed by atoms with Gasteiger partial charge in [0.2, 0.25) is 0 Å². The molecule has 2 rings (SSSR count). The minimum Gasteiger partial charge on any atom is -0.379 e. The molecule has 0 spiro atoms. The Morgan fingerprint density at radius 2 is 2.35 bits per heavy atom. The lowest BCUT2D eigenvalue weighted by atomic mass is 10.4. The maximum Gasteiger partial charge on any atom is 0.261 e. The Bertz CT molecular complexity index is 565. The van der Waals surface area contributed by atoms with E-state index < -0.39 is 0 Å². The number of nitrogens with zero attached hydrogens (tertiary/aromatic N) is 1. The van der Waals surface area contributed by atoms with E-state index >= 15 is 0 Å². The number of hydrogen-bond acceptors (Lipinski definition) is 6. The first-order valence-corrected chi connectivity index (χ1v) is 9.10. The van der Waals surface area contributed by atoms with Gasteiger partial charge in [-0.1, -0.05) is 0 Å². The summed E-state index contributed by atoms with van der Waals surface area (Å²) in [4.78, 5) is 18.2. The second-order valence-electron chi connectivity index (χ2n) is 4.05. The molecule has 0 radical (unpaired) electrons. The third kappa shape index (κ3) is 4.31. The van der Waals surface area contributed by atoms with Crippen molar-refractivity contribution < 1.29 is 9.53 Å². The summed E-state index contributed by atoms with van der Waals surface area (Å²) in [6.07, 6.45) is 2.05. The molecule has 2 heterocycles. The third-order valence-corrected chi connectivity index (χ3v) is 5.17. The number of carbonyl (C=O) groups is 1. The third-order valence-electron chi connectivity index (χ3n) is 2.47. The van der Waals surface area contributed by atoms with Crippen molar-refractivity contribution in [3.05, 3.63) is 38.0 Å². The Balaban J connectivity index is 1.87. The van der Waals surface area contributed by atoms with Crippen LogP contribution in [0, 0.1) is 0 Å². The highest BCUT2D eigenvalue weighted by molar-refractivity contribution is 7.97. The molecule has 0 aliphatic rings. The zero-order valence-electron chi connectivity index (χ0n) is 11.3. The van der Waals surface area contributed by atoms with Gasteiger partial charge in [-0.05, 0) is 18.4 Å². The van der Waals surface area contributed by atoms with Gasteiger partial charge in [0.1, 0.15) is 5.01 Å². The fourth-order valence-electron chi connectivity index (χ4n) is 1.60. The summed E-state index contributed by atoms with van der Waals surface area (Å²) in [6.45, 7) is 1.02. The Kier molecular flexibility index (Phi) is 6.03. The van der Waals surface area contributed by atoms with Crippen LogP contribution in [0.3, 0.4) is 0 Å². The van der Waals surface area contributed by atoms with Gasteiger partial charge in [0.15, 0.2) is 0 Å². The maximum atomic E-state index is 12.0. The second-order valence-corrected chi connectivity index (χ2v) is 7.02. The second kappa shape index (κ2) is 7.78. The number of hydrogen-bond donors (Lipinski definition) is 1. The van der Waals surface area contributed by atoms with Crippen LogP contribution >= 0.6 is 34.4 Å². The lowest BCUT2D eigenvalue weighted by Crippen LogP contribution is -2.21. The van der Waals surface area contributed by atoms with E-state index in [-0.39, 0.29) is 5.91 Å². The molecule has 20 heavy (non-hydrogen) atoms. The first-order chi connectivity index (χ1) is 9.72. The number of methoxy groups -OCH3 is 1. The normalized spacial score (nSPS) is 10.7. The fraction of sp³-hybridized carbons (Fsp3) is 0.385. The van der Waals surface area contributed by atoms with Crippen molar-refractivity contribution in [1.82, 2.24) is 10.3 Å². The molecule has 0 fully saturated rings. The summed E-state index contributed by atoms with van der Waals surface area (Å²) in [5.74, 6) is 0.862. The lowest BCUT2D eigenvalue weighted by molar-refractivity contribution is 0.0954. The smallest absolute Gasteiger partial charge is 0.261 e. The van der Waals surface area contributed by atoms with Crippen molar-refractivity contribution in [2.24, 2.45) is 0 Å². The molecule has 2 aromatic rings. The zero-order valence-corrected chi connectivity index (χ0v) is 13.8. The van der Waals surface area contributed by atoms with Crippen LogP contribution in [0.5, 0.6) is 0 Å². The number of rotatable bonds is 7. The van der Waals surface area contributed by atoms with Gasteiger partial charge in [-0.15, -0.1) is 22.7 Å². The van der Waals surface area contributed by atoms with Gasteiger partial charge in [0.05, 0.1) is 23.7 Å². The van der Waals surface area contributed by atoms with Crippen LogP contribution in [0.15, 0.2) is 17.5 Å². The topological polar surface area (TPSA) is 51.2 Å². The monoisotopic (exact) mass is 328 g/mol. The molecule has 1 N–H and O–H groups in total. The number of carbonyl (C=O) groups excluding carboxylic acids is 1. The van der Waals surface area contributed by atoms with Gasteiger partial charge in [-0.25, -0.2) is 4.98 Å². The molecule has 7 heteroatoms. The van der Waals surface area contributed by atoms with E-state index in [1.807, 2.05) is 17.5 Å². The van der Waals surface area contributed by atoms with Gasteiger partial charge in [0, 0.05) is 23.1 Å². The van der Waals surface area contributed by atoms with E-state index in [9.17, 15) is 4.79 Å². The molecular weight excluding hydrogens is 312 g/mol. The van der Waals surface area contributed by atoms with Crippen LogP contribution in [0.1, 0.15) is 25.3 Å². The highest BCUT2D eigenvalue weighted by atomic mass is 32.2. The highest BCUT2D eigenvalue weighted by Crippen LogP contribution is 2.18. The number of nitrogens with one attached hydrogen (secondary N) is 1. The van der Waals surface area contributed by atoms with Crippen molar-refractivity contribution in [3.63, 3.8) is 0 Å². The van der Waals surface area contributed by atoms with Crippen LogP contribution in [-0.4, -0.2) is 24.3 Å². The van der Waals surface area contributed by atoms with Crippen molar-refractivity contribution >= 4 is 40.3 Å². The molecular formula is C13H16N2O2S3. The van der Waals surface area contributed by atoms with Crippen molar-refractivity contribution in [3.8, 4) is 0 Å². The molecule has 4 nitrogen and oxygen atoms in total. The van der Waals surface area contributed by atoms with E-state index in [2.05, 4.69) is 16.6 Å². The largest absolute Gasteiger partial charge is 0.379 e. The highest BCUT2D eigenvalue weighted by Gasteiger charge is 2.10. The molecule has 0 saturated carbocycles. The molecule has 0 unspecified atom stereocenters. The molecule has 1 amide bonds. The van der Waals surface area contributed by atoms with E-state index in [0.29, 0.717) is 18.0 Å². The van der Waals surface area contributed by atoms with E-state index in [0.717, 1.165) is 21.3 Å². The van der Waals surface area contributed by atoms with E-state index in [1.54, 1.807) is 30.2 Å². The zero-order chi connectivity index (χ0) is 14.4. The predicted octanol–water partition coefficient (Wildman–Crippen LogP) is 3.14. The van der Waals surface area contributed by atoms with Gasteiger partial charge in [-0.2, -0.15) is 11.8 Å². The molecule has 0 atom stereocenters. The van der Waals surface area contributed by atoms with Gasteiger partial charge >= 0.3 is 0 Å². The Hall–Kier alpha value is -0.890. The van der Waals surface area contributed by atoms with Crippen LogP contribution in [-0.2, 0) is 23.6 Å². The summed E-state index contributed by atoms with van der Waals surface area (Å²) < 4.78 is 5.04. The van der Waals surface area contributed by atoms with Crippen LogP contribution < -0.4 is 5.32 Å².